The van der Waals surface area contributed by atoms with Crippen LogP contribution < -0.4 is 19.5 Å². The molecule has 2 aromatic carbocycles. The zero-order chi connectivity index (χ0) is 21.0. The van der Waals surface area contributed by atoms with Gasteiger partial charge in [0.05, 0.1) is 12.2 Å². The number of amides is 1. The van der Waals surface area contributed by atoms with Crippen molar-refractivity contribution in [3.05, 3.63) is 90.4 Å². The largest absolute Gasteiger partial charge is 0.487 e. The molecule has 0 aliphatic carbocycles. The zero-order valence-electron chi connectivity index (χ0n) is 16.7. The highest BCUT2D eigenvalue weighted by atomic mass is 16.6. The van der Waals surface area contributed by atoms with Crippen LogP contribution in [0.1, 0.15) is 16.1 Å². The van der Waals surface area contributed by atoms with Crippen LogP contribution in [0.2, 0.25) is 0 Å². The molecular formula is C24H21N3O4. The van der Waals surface area contributed by atoms with Crippen molar-refractivity contribution in [1.29, 1.82) is 0 Å². The molecule has 31 heavy (non-hydrogen) atoms. The highest BCUT2D eigenvalue weighted by Gasteiger charge is 2.21. The predicted octanol–water partition coefficient (Wildman–Crippen LogP) is 3.48. The lowest BCUT2D eigenvalue weighted by molar-refractivity contribution is 0.0789. The Kier molecular flexibility index (Phi) is 5.14. The number of para-hydroxylation sites is 2. The van der Waals surface area contributed by atoms with Crippen molar-refractivity contribution in [1.82, 2.24) is 14.7 Å². The van der Waals surface area contributed by atoms with Crippen molar-refractivity contribution in [2.24, 2.45) is 0 Å². The summed E-state index contributed by atoms with van der Waals surface area (Å²) in [5.74, 6) is 1.92. The fraction of sp³-hybridized carbons (Fsp3) is 0.167. The van der Waals surface area contributed by atoms with Gasteiger partial charge in [0.2, 0.25) is 0 Å². The molecule has 1 N–H and O–H groups in total. The van der Waals surface area contributed by atoms with Crippen LogP contribution in [-0.4, -0.2) is 34.5 Å². The van der Waals surface area contributed by atoms with Crippen LogP contribution in [0.15, 0.2) is 79.1 Å². The first-order valence-corrected chi connectivity index (χ1v) is 10.1. The van der Waals surface area contributed by atoms with E-state index in [0.29, 0.717) is 36.8 Å². The van der Waals surface area contributed by atoms with Crippen molar-refractivity contribution >= 4 is 11.6 Å². The lowest BCUT2D eigenvalue weighted by Gasteiger charge is -2.26. The third kappa shape index (κ3) is 4.30. The minimum absolute atomic E-state index is 0.172. The second-order valence-corrected chi connectivity index (χ2v) is 7.22. The van der Waals surface area contributed by atoms with Crippen molar-refractivity contribution < 1.29 is 19.0 Å². The maximum Gasteiger partial charge on any atom is 0.251 e. The summed E-state index contributed by atoms with van der Waals surface area (Å²) in [5, 5.41) is 2.89. The van der Waals surface area contributed by atoms with Crippen LogP contribution in [0, 0.1) is 0 Å². The zero-order valence-corrected chi connectivity index (χ0v) is 16.7. The Balaban J connectivity index is 1.13. The smallest absolute Gasteiger partial charge is 0.251 e. The number of pyridine rings is 1. The van der Waals surface area contributed by atoms with Gasteiger partial charge in [-0.25, -0.2) is 4.98 Å². The number of fused-ring (bicyclic) bond motifs is 2. The lowest BCUT2D eigenvalue weighted by atomic mass is 10.2. The fourth-order valence-electron chi connectivity index (χ4n) is 3.39. The number of carbonyl (C=O) groups is 1. The molecule has 7 heteroatoms. The van der Waals surface area contributed by atoms with Crippen molar-refractivity contribution in [3.63, 3.8) is 0 Å². The van der Waals surface area contributed by atoms with Crippen LogP contribution in [0.3, 0.4) is 0 Å². The van der Waals surface area contributed by atoms with Crippen LogP contribution in [-0.2, 0) is 6.61 Å². The number of hydrogen-bond acceptors (Lipinski definition) is 5. The molecule has 3 heterocycles. The number of imidazole rings is 1. The minimum Gasteiger partial charge on any atom is -0.487 e. The van der Waals surface area contributed by atoms with Gasteiger partial charge in [0.15, 0.2) is 11.5 Å². The average molecular weight is 415 g/mol. The van der Waals surface area contributed by atoms with Gasteiger partial charge in [-0.05, 0) is 48.5 Å². The van der Waals surface area contributed by atoms with Crippen LogP contribution in [0.4, 0.5) is 0 Å². The summed E-state index contributed by atoms with van der Waals surface area (Å²) in [6, 6.07) is 20.4. The number of carbonyl (C=O) groups excluding carboxylic acids is 1. The van der Waals surface area contributed by atoms with Gasteiger partial charge in [0, 0.05) is 18.0 Å². The van der Waals surface area contributed by atoms with Gasteiger partial charge >= 0.3 is 0 Å². The molecule has 1 unspecified atom stereocenters. The maximum atomic E-state index is 12.5. The Morgan fingerprint density at radius 1 is 1.06 bits per heavy atom. The molecule has 5 rings (SSSR count). The lowest BCUT2D eigenvalue weighted by Crippen LogP contribution is -2.40. The van der Waals surface area contributed by atoms with E-state index in [-0.39, 0.29) is 12.0 Å². The van der Waals surface area contributed by atoms with Crippen LogP contribution in [0.25, 0.3) is 5.65 Å². The van der Waals surface area contributed by atoms with E-state index in [0.717, 1.165) is 17.1 Å². The van der Waals surface area contributed by atoms with E-state index in [1.54, 1.807) is 24.3 Å². The van der Waals surface area contributed by atoms with Crippen molar-refractivity contribution in [2.45, 2.75) is 12.7 Å². The molecule has 1 aliphatic heterocycles. The standard InChI is InChI=1S/C24H21N3O4/c28-24(25-13-20-16-30-21-5-1-2-6-22(21)31-20)17-8-10-19(11-9-17)29-15-18-14-27-12-4-3-7-23(27)26-18/h1-12,14,20H,13,15-16H2,(H,25,28). The molecule has 7 nitrogen and oxygen atoms in total. The first kappa shape index (κ1) is 19.0. The molecule has 1 amide bonds. The van der Waals surface area contributed by atoms with Gasteiger partial charge in [0.1, 0.15) is 30.7 Å². The van der Waals surface area contributed by atoms with Crippen LogP contribution >= 0.6 is 0 Å². The molecule has 4 aromatic rings. The second kappa shape index (κ2) is 8.39. The Morgan fingerprint density at radius 2 is 1.87 bits per heavy atom. The monoisotopic (exact) mass is 415 g/mol. The first-order chi connectivity index (χ1) is 15.2. The van der Waals surface area contributed by atoms with E-state index in [1.807, 2.05) is 59.3 Å². The van der Waals surface area contributed by atoms with E-state index in [4.69, 9.17) is 14.2 Å². The molecule has 0 saturated carbocycles. The molecule has 156 valence electrons. The van der Waals surface area contributed by atoms with Gasteiger partial charge in [-0.3, -0.25) is 4.79 Å². The molecule has 0 fully saturated rings. The normalized spacial score (nSPS) is 14.9. The SMILES string of the molecule is O=C(NCC1COc2ccccc2O1)c1ccc(OCc2cn3ccccc3n2)cc1. The highest BCUT2D eigenvalue weighted by Crippen LogP contribution is 2.30. The van der Waals surface area contributed by atoms with Gasteiger partial charge < -0.3 is 23.9 Å². The predicted molar refractivity (Wildman–Crippen MR) is 115 cm³/mol. The number of hydrogen-bond donors (Lipinski definition) is 1. The summed E-state index contributed by atoms with van der Waals surface area (Å²) in [7, 11) is 0. The summed E-state index contributed by atoms with van der Waals surface area (Å²) < 4.78 is 19.3. The topological polar surface area (TPSA) is 74.1 Å². The summed E-state index contributed by atoms with van der Waals surface area (Å²) in [6.45, 7) is 1.11. The molecule has 1 aliphatic rings. The fourth-order valence-corrected chi connectivity index (χ4v) is 3.39. The Labute approximate surface area is 179 Å². The quantitative estimate of drug-likeness (QED) is 0.522. The van der Waals surface area contributed by atoms with Crippen molar-refractivity contribution in [3.8, 4) is 17.2 Å². The molecule has 0 saturated heterocycles. The maximum absolute atomic E-state index is 12.5. The van der Waals surface area contributed by atoms with Crippen molar-refractivity contribution in [2.75, 3.05) is 13.2 Å². The van der Waals surface area contributed by atoms with Gasteiger partial charge in [0.25, 0.3) is 5.91 Å². The molecule has 0 bridgehead atoms. The number of aromatic nitrogens is 2. The Hall–Kier alpha value is -4.00. The minimum atomic E-state index is -0.230. The molecule has 1 atom stereocenters. The van der Waals surface area contributed by atoms with E-state index < -0.39 is 0 Å². The Morgan fingerprint density at radius 3 is 2.71 bits per heavy atom. The number of ether oxygens (including phenoxy) is 3. The molecular weight excluding hydrogens is 394 g/mol. The molecule has 0 spiro atoms. The number of rotatable bonds is 6. The summed E-state index contributed by atoms with van der Waals surface area (Å²) in [5.41, 5.74) is 2.27. The Bertz CT molecular complexity index is 1170. The summed E-state index contributed by atoms with van der Waals surface area (Å²) in [4.78, 5) is 17.0. The van der Waals surface area contributed by atoms with Gasteiger partial charge in [-0.2, -0.15) is 0 Å². The number of nitrogens with one attached hydrogen (secondary N) is 1. The summed E-state index contributed by atoms with van der Waals surface area (Å²) >= 11 is 0. The third-order valence-electron chi connectivity index (χ3n) is 4.97. The molecule has 0 radical (unpaired) electrons. The highest BCUT2D eigenvalue weighted by molar-refractivity contribution is 5.94. The molecule has 2 aromatic heterocycles. The third-order valence-corrected chi connectivity index (χ3v) is 4.97. The number of benzene rings is 2. The van der Waals surface area contributed by atoms with E-state index >= 15 is 0 Å². The second-order valence-electron chi connectivity index (χ2n) is 7.22. The van der Waals surface area contributed by atoms with E-state index in [9.17, 15) is 4.79 Å². The van der Waals surface area contributed by atoms with Gasteiger partial charge in [-0.15, -0.1) is 0 Å². The van der Waals surface area contributed by atoms with E-state index in [1.165, 1.54) is 0 Å². The average Bonchev–Trinajstić information content (AvgIpc) is 3.24. The summed E-state index contributed by atoms with van der Waals surface area (Å²) in [6.07, 6.45) is 3.65. The van der Waals surface area contributed by atoms with Gasteiger partial charge in [-0.1, -0.05) is 18.2 Å². The first-order valence-electron chi connectivity index (χ1n) is 10.1. The van der Waals surface area contributed by atoms with E-state index in [2.05, 4.69) is 10.3 Å². The number of nitrogens with zero attached hydrogens (tertiary/aromatic N) is 2. The van der Waals surface area contributed by atoms with Crippen LogP contribution in [0.5, 0.6) is 17.2 Å².